The Kier molecular flexibility index (Phi) is 2.77. The standard InChI is InChI=1S/C9H14O/c1-8(10)6-7-9-4-2-3-5-9/h8-10H,2-5H2,1H3. The summed E-state index contributed by atoms with van der Waals surface area (Å²) in [5, 5.41) is 8.84. The second-order valence-electron chi connectivity index (χ2n) is 2.95. The molecule has 1 rings (SSSR count). The SMILES string of the molecule is CC(O)C#CC1CCCC1. The van der Waals surface area contributed by atoms with Crippen molar-refractivity contribution < 1.29 is 5.11 Å². The number of hydrogen-bond acceptors (Lipinski definition) is 1. The fraction of sp³-hybridized carbons (Fsp3) is 0.778. The molecule has 0 radical (unpaired) electrons. The molecule has 1 N–H and O–H groups in total. The maximum Gasteiger partial charge on any atom is 0.111 e. The van der Waals surface area contributed by atoms with Crippen LogP contribution < -0.4 is 0 Å². The van der Waals surface area contributed by atoms with Crippen LogP contribution >= 0.6 is 0 Å². The Balaban J connectivity index is 2.31. The first-order valence-electron chi connectivity index (χ1n) is 3.98. The summed E-state index contributed by atoms with van der Waals surface area (Å²) >= 11 is 0. The zero-order valence-corrected chi connectivity index (χ0v) is 6.43. The van der Waals surface area contributed by atoms with Crippen molar-refractivity contribution in [2.75, 3.05) is 0 Å². The molecule has 0 aromatic carbocycles. The van der Waals surface area contributed by atoms with E-state index in [1.807, 2.05) is 0 Å². The van der Waals surface area contributed by atoms with E-state index in [4.69, 9.17) is 5.11 Å². The summed E-state index contributed by atoms with van der Waals surface area (Å²) in [6, 6.07) is 0. The van der Waals surface area contributed by atoms with Crippen molar-refractivity contribution in [3.05, 3.63) is 0 Å². The second kappa shape index (κ2) is 3.63. The fourth-order valence-corrected chi connectivity index (χ4v) is 1.31. The predicted octanol–water partition coefficient (Wildman–Crippen LogP) is 1.56. The van der Waals surface area contributed by atoms with Crippen molar-refractivity contribution in [3.63, 3.8) is 0 Å². The molecule has 0 heterocycles. The highest BCUT2D eigenvalue weighted by molar-refractivity contribution is 5.07. The van der Waals surface area contributed by atoms with Gasteiger partial charge in [0.2, 0.25) is 0 Å². The van der Waals surface area contributed by atoms with E-state index in [1.54, 1.807) is 6.92 Å². The summed E-state index contributed by atoms with van der Waals surface area (Å²) in [4.78, 5) is 0. The minimum absolute atomic E-state index is 0.444. The number of aliphatic hydroxyl groups excluding tert-OH is 1. The molecule has 1 saturated carbocycles. The maximum absolute atomic E-state index is 8.84. The van der Waals surface area contributed by atoms with E-state index >= 15 is 0 Å². The van der Waals surface area contributed by atoms with Crippen molar-refractivity contribution in [2.24, 2.45) is 5.92 Å². The van der Waals surface area contributed by atoms with Gasteiger partial charge in [0.25, 0.3) is 0 Å². The molecule has 1 aliphatic rings. The van der Waals surface area contributed by atoms with Gasteiger partial charge in [-0.2, -0.15) is 0 Å². The normalized spacial score (nSPS) is 21.8. The van der Waals surface area contributed by atoms with Crippen molar-refractivity contribution in [1.29, 1.82) is 0 Å². The number of rotatable bonds is 0. The van der Waals surface area contributed by atoms with Crippen molar-refractivity contribution in [3.8, 4) is 11.8 Å². The Hall–Kier alpha value is -0.480. The van der Waals surface area contributed by atoms with E-state index in [9.17, 15) is 0 Å². The molecular formula is C9H14O. The Labute approximate surface area is 62.4 Å². The third-order valence-electron chi connectivity index (χ3n) is 1.85. The molecule has 1 unspecified atom stereocenters. The number of aliphatic hydroxyl groups is 1. The van der Waals surface area contributed by atoms with Gasteiger partial charge in [0.05, 0.1) is 0 Å². The van der Waals surface area contributed by atoms with Gasteiger partial charge in [-0.15, -0.1) is 0 Å². The summed E-state index contributed by atoms with van der Waals surface area (Å²) in [6.07, 6.45) is 4.66. The van der Waals surface area contributed by atoms with Crippen LogP contribution in [0.1, 0.15) is 32.6 Å². The highest BCUT2D eigenvalue weighted by atomic mass is 16.3. The van der Waals surface area contributed by atoms with Crippen LogP contribution in [0.3, 0.4) is 0 Å². The minimum atomic E-state index is -0.444. The van der Waals surface area contributed by atoms with Crippen LogP contribution in [0.15, 0.2) is 0 Å². The summed E-state index contributed by atoms with van der Waals surface area (Å²) in [6.45, 7) is 1.71. The quantitative estimate of drug-likeness (QED) is 0.504. The molecule has 1 atom stereocenters. The van der Waals surface area contributed by atoms with Gasteiger partial charge in [-0.1, -0.05) is 24.7 Å². The molecule has 1 aliphatic carbocycles. The van der Waals surface area contributed by atoms with E-state index in [-0.39, 0.29) is 0 Å². The third-order valence-corrected chi connectivity index (χ3v) is 1.85. The summed E-state index contributed by atoms with van der Waals surface area (Å²) in [7, 11) is 0. The van der Waals surface area contributed by atoms with Crippen LogP contribution in [-0.2, 0) is 0 Å². The average molecular weight is 138 g/mol. The first-order valence-corrected chi connectivity index (χ1v) is 3.98. The molecule has 10 heavy (non-hydrogen) atoms. The molecule has 1 fully saturated rings. The fourth-order valence-electron chi connectivity index (χ4n) is 1.31. The van der Waals surface area contributed by atoms with Crippen LogP contribution in [0.4, 0.5) is 0 Å². The van der Waals surface area contributed by atoms with Crippen LogP contribution in [0.5, 0.6) is 0 Å². The Bertz CT molecular complexity index is 144. The van der Waals surface area contributed by atoms with Crippen molar-refractivity contribution >= 4 is 0 Å². The lowest BCUT2D eigenvalue weighted by Gasteiger charge is -1.95. The lowest BCUT2D eigenvalue weighted by atomic mass is 10.1. The summed E-state index contributed by atoms with van der Waals surface area (Å²) in [5.74, 6) is 6.45. The lowest BCUT2D eigenvalue weighted by molar-refractivity contribution is 0.253. The van der Waals surface area contributed by atoms with Gasteiger partial charge in [-0.3, -0.25) is 0 Å². The van der Waals surface area contributed by atoms with Crippen LogP contribution in [0.25, 0.3) is 0 Å². The molecule has 0 amide bonds. The summed E-state index contributed by atoms with van der Waals surface area (Å²) in [5.41, 5.74) is 0. The monoisotopic (exact) mass is 138 g/mol. The van der Waals surface area contributed by atoms with E-state index in [0.717, 1.165) is 0 Å². The highest BCUT2D eigenvalue weighted by Crippen LogP contribution is 2.23. The Morgan fingerprint density at radius 3 is 2.50 bits per heavy atom. The first-order chi connectivity index (χ1) is 4.79. The molecule has 1 heteroatoms. The zero-order chi connectivity index (χ0) is 7.40. The van der Waals surface area contributed by atoms with Gasteiger partial charge < -0.3 is 5.11 Å². The molecule has 0 bridgehead atoms. The van der Waals surface area contributed by atoms with Crippen molar-refractivity contribution in [2.45, 2.75) is 38.7 Å². The topological polar surface area (TPSA) is 20.2 Å². The summed E-state index contributed by atoms with van der Waals surface area (Å²) < 4.78 is 0. The lowest BCUT2D eigenvalue weighted by Crippen LogP contribution is -1.95. The van der Waals surface area contributed by atoms with Gasteiger partial charge >= 0.3 is 0 Å². The first kappa shape index (κ1) is 7.63. The Morgan fingerprint density at radius 2 is 2.00 bits per heavy atom. The van der Waals surface area contributed by atoms with Crippen molar-refractivity contribution in [1.82, 2.24) is 0 Å². The van der Waals surface area contributed by atoms with E-state index in [0.29, 0.717) is 5.92 Å². The molecule has 0 aliphatic heterocycles. The van der Waals surface area contributed by atoms with Crippen LogP contribution in [-0.4, -0.2) is 11.2 Å². The highest BCUT2D eigenvalue weighted by Gasteiger charge is 2.11. The molecule has 0 aromatic rings. The minimum Gasteiger partial charge on any atom is -0.381 e. The smallest absolute Gasteiger partial charge is 0.111 e. The van der Waals surface area contributed by atoms with Gasteiger partial charge in [-0.25, -0.2) is 0 Å². The van der Waals surface area contributed by atoms with Gasteiger partial charge in [0.1, 0.15) is 6.10 Å². The molecule has 0 spiro atoms. The largest absolute Gasteiger partial charge is 0.381 e. The van der Waals surface area contributed by atoms with E-state index < -0.39 is 6.10 Å². The third kappa shape index (κ3) is 2.41. The molecule has 56 valence electrons. The predicted molar refractivity (Wildman–Crippen MR) is 41.4 cm³/mol. The molecular weight excluding hydrogens is 124 g/mol. The molecule has 0 saturated heterocycles. The van der Waals surface area contributed by atoms with Crippen LogP contribution in [0.2, 0.25) is 0 Å². The molecule has 0 aromatic heterocycles. The van der Waals surface area contributed by atoms with Gasteiger partial charge in [0, 0.05) is 5.92 Å². The average Bonchev–Trinajstić information content (AvgIpc) is 2.34. The molecule has 1 nitrogen and oxygen atoms in total. The van der Waals surface area contributed by atoms with E-state index in [1.165, 1.54) is 25.7 Å². The number of hydrogen-bond donors (Lipinski definition) is 1. The van der Waals surface area contributed by atoms with Gasteiger partial charge in [0.15, 0.2) is 0 Å². The zero-order valence-electron chi connectivity index (χ0n) is 6.43. The van der Waals surface area contributed by atoms with Gasteiger partial charge in [-0.05, 0) is 19.8 Å². The van der Waals surface area contributed by atoms with Crippen LogP contribution in [0, 0.1) is 17.8 Å². The van der Waals surface area contributed by atoms with E-state index in [2.05, 4.69) is 11.8 Å². The maximum atomic E-state index is 8.84. The second-order valence-corrected chi connectivity index (χ2v) is 2.95. The Morgan fingerprint density at radius 1 is 1.40 bits per heavy atom.